The van der Waals surface area contributed by atoms with E-state index in [1.54, 1.807) is 18.2 Å². The molecule has 0 spiro atoms. The molecule has 29 heavy (non-hydrogen) atoms. The summed E-state index contributed by atoms with van der Waals surface area (Å²) in [6.07, 6.45) is 7.80. The standard InChI is InChI=1S/C23H31NO5/c1-14(23-10-15-6-16(11-23)8-17(7-15)12-23)24-21(25)13-29-22(26)19-9-18(27-2)4-5-20(19)28-3/h4-5,9,14-17H,6-8,10-13H2,1-3H3,(H,24,25). The molecule has 4 saturated carbocycles. The summed E-state index contributed by atoms with van der Waals surface area (Å²) in [7, 11) is 3.01. The molecule has 0 aromatic heterocycles. The SMILES string of the molecule is COc1ccc(OC)c(C(=O)OCC(=O)NC(C)C23CC4CC(CC(C4)C2)C3)c1. The Labute approximate surface area is 172 Å². The summed E-state index contributed by atoms with van der Waals surface area (Å²) in [5, 5.41) is 3.12. The Balaban J connectivity index is 1.34. The quantitative estimate of drug-likeness (QED) is 0.707. The van der Waals surface area contributed by atoms with Gasteiger partial charge in [0, 0.05) is 6.04 Å². The molecule has 0 saturated heterocycles. The second kappa shape index (κ2) is 7.88. The van der Waals surface area contributed by atoms with Gasteiger partial charge in [0.05, 0.1) is 14.2 Å². The summed E-state index contributed by atoms with van der Waals surface area (Å²) in [4.78, 5) is 25.0. The Hall–Kier alpha value is -2.24. The predicted molar refractivity (Wildman–Crippen MR) is 108 cm³/mol. The van der Waals surface area contributed by atoms with Crippen molar-refractivity contribution in [2.75, 3.05) is 20.8 Å². The fraction of sp³-hybridized carbons (Fsp3) is 0.652. The van der Waals surface area contributed by atoms with Crippen LogP contribution in [0, 0.1) is 23.2 Å². The lowest BCUT2D eigenvalue weighted by molar-refractivity contribution is -0.128. The van der Waals surface area contributed by atoms with Crippen molar-refractivity contribution < 1.29 is 23.8 Å². The van der Waals surface area contributed by atoms with Gasteiger partial charge in [-0.2, -0.15) is 0 Å². The van der Waals surface area contributed by atoms with E-state index in [4.69, 9.17) is 14.2 Å². The fourth-order valence-electron chi connectivity index (χ4n) is 6.33. The number of esters is 1. The summed E-state index contributed by atoms with van der Waals surface area (Å²) >= 11 is 0. The van der Waals surface area contributed by atoms with Gasteiger partial charge in [0.25, 0.3) is 5.91 Å². The van der Waals surface area contributed by atoms with Crippen molar-refractivity contribution in [3.63, 3.8) is 0 Å². The number of ether oxygens (including phenoxy) is 3. The normalized spacial score (nSPS) is 30.5. The largest absolute Gasteiger partial charge is 0.497 e. The first-order valence-electron chi connectivity index (χ1n) is 10.6. The highest BCUT2D eigenvalue weighted by Crippen LogP contribution is 2.61. The number of rotatable bonds is 7. The molecule has 4 fully saturated rings. The van der Waals surface area contributed by atoms with Gasteiger partial charge in [-0.3, -0.25) is 4.79 Å². The Bertz CT molecular complexity index is 754. The highest BCUT2D eigenvalue weighted by molar-refractivity contribution is 5.94. The van der Waals surface area contributed by atoms with E-state index in [-0.39, 0.29) is 29.5 Å². The predicted octanol–water partition coefficient (Wildman–Crippen LogP) is 3.58. The van der Waals surface area contributed by atoms with Gasteiger partial charge in [-0.1, -0.05) is 0 Å². The molecule has 1 atom stereocenters. The van der Waals surface area contributed by atoms with Crippen molar-refractivity contribution in [2.24, 2.45) is 23.2 Å². The number of hydrogen-bond donors (Lipinski definition) is 1. The highest BCUT2D eigenvalue weighted by atomic mass is 16.5. The molecule has 4 aliphatic rings. The second-order valence-corrected chi connectivity index (χ2v) is 9.21. The van der Waals surface area contributed by atoms with Gasteiger partial charge in [0.1, 0.15) is 17.1 Å². The van der Waals surface area contributed by atoms with Gasteiger partial charge in [0.15, 0.2) is 6.61 Å². The van der Waals surface area contributed by atoms with Crippen molar-refractivity contribution in [1.82, 2.24) is 5.32 Å². The summed E-state index contributed by atoms with van der Waals surface area (Å²) in [6.45, 7) is 1.83. The molecule has 4 bridgehead atoms. The molecule has 4 aliphatic carbocycles. The lowest BCUT2D eigenvalue weighted by atomic mass is 9.48. The van der Waals surface area contributed by atoms with Crippen LogP contribution in [-0.2, 0) is 9.53 Å². The maximum absolute atomic E-state index is 12.5. The van der Waals surface area contributed by atoms with E-state index >= 15 is 0 Å². The smallest absolute Gasteiger partial charge is 0.342 e. The third-order valence-corrected chi connectivity index (χ3v) is 7.34. The van der Waals surface area contributed by atoms with Crippen LogP contribution in [0.2, 0.25) is 0 Å². The molecule has 0 radical (unpaired) electrons. The van der Waals surface area contributed by atoms with Crippen molar-refractivity contribution in [3.05, 3.63) is 23.8 Å². The minimum Gasteiger partial charge on any atom is -0.497 e. The summed E-state index contributed by atoms with van der Waals surface area (Å²) in [5.74, 6) is 2.56. The molecule has 1 unspecified atom stereocenters. The molecule has 5 rings (SSSR count). The number of hydrogen-bond acceptors (Lipinski definition) is 5. The molecule has 0 heterocycles. The Morgan fingerprint density at radius 1 is 1.07 bits per heavy atom. The van der Waals surface area contributed by atoms with Crippen LogP contribution in [0.1, 0.15) is 55.8 Å². The number of methoxy groups -OCH3 is 2. The van der Waals surface area contributed by atoms with Crippen LogP contribution >= 0.6 is 0 Å². The van der Waals surface area contributed by atoms with Crippen LogP contribution in [0.3, 0.4) is 0 Å². The molecule has 6 heteroatoms. The average Bonchev–Trinajstić information content (AvgIpc) is 2.70. The van der Waals surface area contributed by atoms with E-state index in [0.717, 1.165) is 17.8 Å². The fourth-order valence-corrected chi connectivity index (χ4v) is 6.33. The molecule has 6 nitrogen and oxygen atoms in total. The van der Waals surface area contributed by atoms with Crippen LogP contribution in [0.15, 0.2) is 18.2 Å². The molecule has 1 aromatic rings. The van der Waals surface area contributed by atoms with E-state index in [1.165, 1.54) is 52.7 Å². The molecule has 1 aromatic carbocycles. The zero-order valence-corrected chi connectivity index (χ0v) is 17.5. The minimum absolute atomic E-state index is 0.105. The first-order valence-corrected chi connectivity index (χ1v) is 10.6. The average molecular weight is 402 g/mol. The van der Waals surface area contributed by atoms with E-state index in [2.05, 4.69) is 12.2 Å². The van der Waals surface area contributed by atoms with Gasteiger partial charge in [-0.05, 0) is 86.8 Å². The maximum atomic E-state index is 12.5. The van der Waals surface area contributed by atoms with Crippen LogP contribution in [-0.4, -0.2) is 38.7 Å². The minimum atomic E-state index is -0.599. The van der Waals surface area contributed by atoms with Crippen molar-refractivity contribution in [2.45, 2.75) is 51.5 Å². The summed E-state index contributed by atoms with van der Waals surface area (Å²) < 4.78 is 15.6. The number of nitrogens with one attached hydrogen (secondary N) is 1. The van der Waals surface area contributed by atoms with E-state index in [9.17, 15) is 9.59 Å². The topological polar surface area (TPSA) is 73.9 Å². The molecule has 1 N–H and O–H groups in total. The van der Waals surface area contributed by atoms with Crippen LogP contribution in [0.4, 0.5) is 0 Å². The number of carbonyl (C=O) groups is 2. The molecule has 158 valence electrons. The third-order valence-electron chi connectivity index (χ3n) is 7.34. The van der Waals surface area contributed by atoms with E-state index in [0.29, 0.717) is 11.5 Å². The van der Waals surface area contributed by atoms with Crippen molar-refractivity contribution in [1.29, 1.82) is 0 Å². The third kappa shape index (κ3) is 3.94. The lowest BCUT2D eigenvalue weighted by Gasteiger charge is -2.59. The summed E-state index contributed by atoms with van der Waals surface area (Å²) in [6, 6.07) is 5.01. The zero-order valence-electron chi connectivity index (χ0n) is 17.5. The molecule has 0 aliphatic heterocycles. The monoisotopic (exact) mass is 401 g/mol. The van der Waals surface area contributed by atoms with Gasteiger partial charge in [0.2, 0.25) is 0 Å². The van der Waals surface area contributed by atoms with Crippen LogP contribution < -0.4 is 14.8 Å². The second-order valence-electron chi connectivity index (χ2n) is 9.21. The Morgan fingerprint density at radius 2 is 1.69 bits per heavy atom. The number of amides is 1. The Morgan fingerprint density at radius 3 is 2.24 bits per heavy atom. The van der Waals surface area contributed by atoms with Gasteiger partial charge >= 0.3 is 5.97 Å². The van der Waals surface area contributed by atoms with Gasteiger partial charge in [-0.15, -0.1) is 0 Å². The Kier molecular flexibility index (Phi) is 5.45. The van der Waals surface area contributed by atoms with Crippen LogP contribution in [0.5, 0.6) is 11.5 Å². The van der Waals surface area contributed by atoms with Crippen LogP contribution in [0.25, 0.3) is 0 Å². The number of carbonyl (C=O) groups excluding carboxylic acids is 2. The first-order chi connectivity index (χ1) is 13.9. The van der Waals surface area contributed by atoms with Gasteiger partial charge < -0.3 is 19.5 Å². The summed E-state index contributed by atoms with van der Waals surface area (Å²) in [5.41, 5.74) is 0.471. The molecular formula is C23H31NO5. The number of benzene rings is 1. The lowest BCUT2D eigenvalue weighted by Crippen LogP contribution is -2.56. The maximum Gasteiger partial charge on any atom is 0.342 e. The molecular weight excluding hydrogens is 370 g/mol. The first kappa shape index (κ1) is 20.0. The van der Waals surface area contributed by atoms with Crippen molar-refractivity contribution >= 4 is 11.9 Å². The van der Waals surface area contributed by atoms with E-state index < -0.39 is 5.97 Å². The van der Waals surface area contributed by atoms with Crippen molar-refractivity contribution in [3.8, 4) is 11.5 Å². The van der Waals surface area contributed by atoms with E-state index in [1.807, 2.05) is 0 Å². The highest BCUT2D eigenvalue weighted by Gasteiger charge is 2.53. The van der Waals surface area contributed by atoms with Gasteiger partial charge in [-0.25, -0.2) is 4.79 Å². The molecule has 1 amide bonds. The zero-order chi connectivity index (χ0) is 20.6.